The summed E-state index contributed by atoms with van der Waals surface area (Å²) >= 11 is 0. The van der Waals surface area contributed by atoms with E-state index in [0.29, 0.717) is 11.3 Å². The van der Waals surface area contributed by atoms with Crippen molar-refractivity contribution in [2.24, 2.45) is 5.14 Å². The van der Waals surface area contributed by atoms with E-state index in [1.54, 1.807) is 13.0 Å². The van der Waals surface area contributed by atoms with Crippen LogP contribution in [0.4, 0.5) is 11.4 Å². The fraction of sp³-hybridized carbons (Fsp3) is 0.133. The number of nitro groups is 1. The van der Waals surface area contributed by atoms with Gasteiger partial charge in [-0.1, -0.05) is 12.1 Å². The third kappa shape index (κ3) is 4.15. The lowest BCUT2D eigenvalue weighted by Gasteiger charge is -2.12. The number of nitrogens with zero attached hydrogens (tertiary/aromatic N) is 1. The van der Waals surface area contributed by atoms with Crippen LogP contribution < -0.4 is 10.5 Å². The Morgan fingerprint density at radius 2 is 1.83 bits per heavy atom. The van der Waals surface area contributed by atoms with Gasteiger partial charge in [0.1, 0.15) is 0 Å². The van der Waals surface area contributed by atoms with Crippen molar-refractivity contribution in [1.82, 2.24) is 0 Å². The normalized spacial score (nSPS) is 12.4. The molecule has 0 radical (unpaired) electrons. The molecule has 24 heavy (non-hydrogen) atoms. The summed E-state index contributed by atoms with van der Waals surface area (Å²) in [4.78, 5) is 22.5. The number of primary sulfonamides is 1. The predicted octanol–water partition coefficient (Wildman–Crippen LogP) is 1.98. The van der Waals surface area contributed by atoms with Crippen LogP contribution in [0.25, 0.3) is 0 Å². The molecule has 0 bridgehead atoms. The van der Waals surface area contributed by atoms with Gasteiger partial charge in [-0.2, -0.15) is 0 Å². The maximum Gasteiger partial charge on any atom is 0.269 e. The highest BCUT2D eigenvalue weighted by atomic mass is 32.2. The number of carbonyl (C=O) groups excluding carboxylic acids is 1. The SMILES string of the molecule is CC(C(=O)Nc1ccc(S(N)(=O)=O)cc1)c1cccc([N+](=O)[O-])c1. The second-order valence-corrected chi connectivity index (χ2v) is 6.69. The number of carbonyl (C=O) groups is 1. The Labute approximate surface area is 138 Å². The quantitative estimate of drug-likeness (QED) is 0.629. The molecule has 2 aromatic rings. The van der Waals surface area contributed by atoms with Crippen LogP contribution in [0.3, 0.4) is 0 Å². The minimum atomic E-state index is -3.80. The topological polar surface area (TPSA) is 132 Å². The van der Waals surface area contributed by atoms with Crippen LogP contribution in [0.2, 0.25) is 0 Å². The molecule has 0 spiro atoms. The first-order chi connectivity index (χ1) is 11.2. The third-order valence-corrected chi connectivity index (χ3v) is 4.35. The van der Waals surface area contributed by atoms with E-state index in [2.05, 4.69) is 5.32 Å². The Balaban J connectivity index is 2.14. The molecule has 0 saturated heterocycles. The van der Waals surface area contributed by atoms with E-state index in [1.165, 1.54) is 42.5 Å². The van der Waals surface area contributed by atoms with Gasteiger partial charge >= 0.3 is 0 Å². The molecule has 0 aromatic heterocycles. The molecule has 3 N–H and O–H groups in total. The van der Waals surface area contributed by atoms with E-state index in [-0.39, 0.29) is 16.5 Å². The number of hydrogen-bond acceptors (Lipinski definition) is 5. The van der Waals surface area contributed by atoms with Crippen molar-refractivity contribution in [3.05, 3.63) is 64.2 Å². The van der Waals surface area contributed by atoms with Gasteiger partial charge in [0.2, 0.25) is 15.9 Å². The van der Waals surface area contributed by atoms with Gasteiger partial charge in [0.05, 0.1) is 15.7 Å². The first kappa shape index (κ1) is 17.6. The van der Waals surface area contributed by atoms with Gasteiger partial charge in [0.25, 0.3) is 5.69 Å². The molecule has 9 heteroatoms. The van der Waals surface area contributed by atoms with Crippen LogP contribution in [-0.2, 0) is 14.8 Å². The van der Waals surface area contributed by atoms with Crippen molar-refractivity contribution in [3.8, 4) is 0 Å². The lowest BCUT2D eigenvalue weighted by molar-refractivity contribution is -0.384. The Hall–Kier alpha value is -2.78. The summed E-state index contributed by atoms with van der Waals surface area (Å²) in [6, 6.07) is 11.2. The minimum Gasteiger partial charge on any atom is -0.326 e. The van der Waals surface area contributed by atoms with Crippen LogP contribution in [0, 0.1) is 10.1 Å². The molecule has 126 valence electrons. The molecule has 0 aliphatic rings. The van der Waals surface area contributed by atoms with Crippen molar-refractivity contribution in [2.45, 2.75) is 17.7 Å². The largest absolute Gasteiger partial charge is 0.326 e. The maximum absolute atomic E-state index is 12.3. The van der Waals surface area contributed by atoms with Crippen LogP contribution in [0.15, 0.2) is 53.4 Å². The molecular formula is C15H15N3O5S. The van der Waals surface area contributed by atoms with Gasteiger partial charge in [0.15, 0.2) is 0 Å². The zero-order valence-corrected chi connectivity index (χ0v) is 13.5. The fourth-order valence-electron chi connectivity index (χ4n) is 2.04. The minimum absolute atomic E-state index is 0.0627. The summed E-state index contributed by atoms with van der Waals surface area (Å²) in [5.41, 5.74) is 0.803. The second-order valence-electron chi connectivity index (χ2n) is 5.13. The van der Waals surface area contributed by atoms with Gasteiger partial charge in [0, 0.05) is 17.8 Å². The Morgan fingerprint density at radius 1 is 1.21 bits per heavy atom. The molecule has 0 saturated carbocycles. The number of nitrogens with two attached hydrogens (primary N) is 1. The van der Waals surface area contributed by atoms with Crippen molar-refractivity contribution >= 4 is 27.3 Å². The number of hydrogen-bond donors (Lipinski definition) is 2. The zero-order chi connectivity index (χ0) is 17.9. The number of non-ortho nitro benzene ring substituents is 1. The first-order valence-corrected chi connectivity index (χ1v) is 8.41. The number of sulfonamides is 1. The summed E-state index contributed by atoms with van der Waals surface area (Å²) in [5, 5.41) is 18.4. The van der Waals surface area contributed by atoms with Crippen LogP contribution in [0.5, 0.6) is 0 Å². The van der Waals surface area contributed by atoms with Crippen molar-refractivity contribution in [2.75, 3.05) is 5.32 Å². The molecule has 1 atom stereocenters. The highest BCUT2D eigenvalue weighted by Crippen LogP contribution is 2.22. The number of amides is 1. The van der Waals surface area contributed by atoms with Crippen molar-refractivity contribution in [3.63, 3.8) is 0 Å². The molecule has 0 heterocycles. The van der Waals surface area contributed by atoms with E-state index >= 15 is 0 Å². The first-order valence-electron chi connectivity index (χ1n) is 6.86. The number of rotatable bonds is 5. The Bertz CT molecular complexity index is 878. The van der Waals surface area contributed by atoms with E-state index in [1.807, 2.05) is 0 Å². The maximum atomic E-state index is 12.3. The molecule has 2 aromatic carbocycles. The fourth-order valence-corrected chi connectivity index (χ4v) is 2.55. The predicted molar refractivity (Wildman–Crippen MR) is 88.0 cm³/mol. The van der Waals surface area contributed by atoms with Crippen LogP contribution in [-0.4, -0.2) is 19.2 Å². The standard InChI is InChI=1S/C15H15N3O5S/c1-10(11-3-2-4-13(9-11)18(20)21)15(19)17-12-5-7-14(8-6-12)24(16,22)23/h2-10H,1H3,(H,17,19)(H2,16,22,23). The van der Waals surface area contributed by atoms with Gasteiger partial charge in [-0.25, -0.2) is 13.6 Å². The van der Waals surface area contributed by atoms with E-state index in [4.69, 9.17) is 5.14 Å². The molecule has 2 rings (SSSR count). The number of anilines is 1. The lowest BCUT2D eigenvalue weighted by Crippen LogP contribution is -2.19. The monoisotopic (exact) mass is 349 g/mol. The van der Waals surface area contributed by atoms with Gasteiger partial charge in [-0.15, -0.1) is 0 Å². The highest BCUT2D eigenvalue weighted by molar-refractivity contribution is 7.89. The molecule has 1 unspecified atom stereocenters. The summed E-state index contributed by atoms with van der Waals surface area (Å²) < 4.78 is 22.4. The zero-order valence-electron chi connectivity index (χ0n) is 12.7. The number of benzene rings is 2. The second kappa shape index (κ2) is 6.77. The summed E-state index contributed by atoms with van der Waals surface area (Å²) in [6.07, 6.45) is 0. The Morgan fingerprint density at radius 3 is 2.38 bits per heavy atom. The smallest absolute Gasteiger partial charge is 0.269 e. The lowest BCUT2D eigenvalue weighted by atomic mass is 10.00. The number of nitro benzene ring substituents is 1. The molecule has 0 fully saturated rings. The highest BCUT2D eigenvalue weighted by Gasteiger charge is 2.18. The van der Waals surface area contributed by atoms with Crippen LogP contribution >= 0.6 is 0 Å². The molecule has 0 aliphatic carbocycles. The van der Waals surface area contributed by atoms with Gasteiger partial charge < -0.3 is 5.32 Å². The average Bonchev–Trinajstić information content (AvgIpc) is 2.53. The molecule has 0 aliphatic heterocycles. The van der Waals surface area contributed by atoms with Crippen molar-refractivity contribution in [1.29, 1.82) is 0 Å². The average molecular weight is 349 g/mol. The number of nitrogens with one attached hydrogen (secondary N) is 1. The van der Waals surface area contributed by atoms with E-state index < -0.39 is 20.9 Å². The molecule has 1 amide bonds. The van der Waals surface area contributed by atoms with E-state index in [0.717, 1.165) is 0 Å². The molecule has 8 nitrogen and oxygen atoms in total. The summed E-state index contributed by atoms with van der Waals surface area (Å²) in [7, 11) is -3.80. The third-order valence-electron chi connectivity index (χ3n) is 3.42. The summed E-state index contributed by atoms with van der Waals surface area (Å²) in [6.45, 7) is 1.62. The van der Waals surface area contributed by atoms with Crippen molar-refractivity contribution < 1.29 is 18.1 Å². The Kier molecular flexibility index (Phi) is 4.96. The van der Waals surface area contributed by atoms with Crippen LogP contribution in [0.1, 0.15) is 18.4 Å². The van der Waals surface area contributed by atoms with Gasteiger partial charge in [-0.3, -0.25) is 14.9 Å². The summed E-state index contributed by atoms with van der Waals surface area (Å²) in [5.74, 6) is -0.998. The van der Waals surface area contributed by atoms with Gasteiger partial charge in [-0.05, 0) is 36.8 Å². The van der Waals surface area contributed by atoms with E-state index in [9.17, 15) is 23.3 Å². The molecular weight excluding hydrogens is 334 g/mol.